The van der Waals surface area contributed by atoms with E-state index >= 15 is 0 Å². The SMILES string of the molecule is C/C=C/c1c(CCCC)c(C(C)=O)c(C#C[Si](C)(C)C(C)(C)C)n(-c2ccc(OC)cc2)c1=O. The Hall–Kier alpha value is -2.84. The van der Waals surface area contributed by atoms with Crippen molar-refractivity contribution in [1.29, 1.82) is 0 Å². The second kappa shape index (κ2) is 11.1. The lowest BCUT2D eigenvalue weighted by Crippen LogP contribution is -2.36. The van der Waals surface area contributed by atoms with Gasteiger partial charge < -0.3 is 4.74 Å². The summed E-state index contributed by atoms with van der Waals surface area (Å²) in [5.41, 5.74) is 6.48. The molecule has 1 heterocycles. The maximum atomic E-state index is 13.9. The first kappa shape index (κ1) is 27.4. The molecule has 0 bridgehead atoms. The lowest BCUT2D eigenvalue weighted by atomic mass is 9.93. The maximum Gasteiger partial charge on any atom is 0.263 e. The van der Waals surface area contributed by atoms with Crippen LogP contribution in [-0.2, 0) is 6.42 Å². The topological polar surface area (TPSA) is 48.3 Å². The average Bonchev–Trinajstić information content (AvgIpc) is 2.77. The Morgan fingerprint density at radius 3 is 2.26 bits per heavy atom. The van der Waals surface area contributed by atoms with Crippen LogP contribution in [0.1, 0.15) is 81.6 Å². The number of carbonyl (C=O) groups is 1. The second-order valence-corrected chi connectivity index (χ2v) is 15.2. The normalized spacial score (nSPS) is 11.9. The van der Waals surface area contributed by atoms with Gasteiger partial charge in [0.25, 0.3) is 5.56 Å². The number of hydrogen-bond acceptors (Lipinski definition) is 3. The van der Waals surface area contributed by atoms with E-state index in [0.29, 0.717) is 34.7 Å². The van der Waals surface area contributed by atoms with Crippen molar-refractivity contribution in [2.75, 3.05) is 7.11 Å². The molecule has 2 rings (SSSR count). The van der Waals surface area contributed by atoms with Gasteiger partial charge in [0.05, 0.1) is 18.4 Å². The first-order chi connectivity index (χ1) is 15.9. The van der Waals surface area contributed by atoms with Crippen molar-refractivity contribution in [1.82, 2.24) is 4.57 Å². The summed E-state index contributed by atoms with van der Waals surface area (Å²) in [5, 5.41) is 0.0531. The van der Waals surface area contributed by atoms with E-state index in [1.54, 1.807) is 18.6 Å². The third-order valence-electron chi connectivity index (χ3n) is 6.69. The van der Waals surface area contributed by atoms with E-state index in [2.05, 4.69) is 52.3 Å². The fourth-order valence-corrected chi connectivity index (χ4v) is 4.38. The second-order valence-electron chi connectivity index (χ2n) is 10.2. The molecule has 4 nitrogen and oxygen atoms in total. The van der Waals surface area contributed by atoms with Gasteiger partial charge in [-0.1, -0.05) is 65.3 Å². The van der Waals surface area contributed by atoms with Gasteiger partial charge >= 0.3 is 0 Å². The van der Waals surface area contributed by atoms with Gasteiger partial charge in [0.1, 0.15) is 19.5 Å². The molecule has 1 aromatic carbocycles. The highest BCUT2D eigenvalue weighted by Gasteiger charge is 2.34. The lowest BCUT2D eigenvalue weighted by Gasteiger charge is -2.31. The van der Waals surface area contributed by atoms with Gasteiger partial charge in [0.2, 0.25) is 0 Å². The number of carbonyl (C=O) groups excluding carboxylic acids is 1. The van der Waals surface area contributed by atoms with E-state index in [1.165, 1.54) is 0 Å². The van der Waals surface area contributed by atoms with Crippen LogP contribution in [0.15, 0.2) is 35.1 Å². The minimum atomic E-state index is -1.99. The molecule has 0 unspecified atom stereocenters. The first-order valence-corrected chi connectivity index (χ1v) is 15.0. The number of rotatable bonds is 7. The van der Waals surface area contributed by atoms with Gasteiger partial charge in [-0.15, -0.1) is 5.54 Å². The third kappa shape index (κ3) is 5.80. The fourth-order valence-electron chi connectivity index (χ4n) is 3.57. The molecule has 0 N–H and O–H groups in total. The number of nitrogens with zero attached hydrogens (tertiary/aromatic N) is 1. The van der Waals surface area contributed by atoms with Crippen molar-refractivity contribution < 1.29 is 9.53 Å². The summed E-state index contributed by atoms with van der Waals surface area (Å²) >= 11 is 0. The van der Waals surface area contributed by atoms with Crippen molar-refractivity contribution in [3.8, 4) is 22.9 Å². The molecular weight excluding hydrogens is 438 g/mol. The Morgan fingerprint density at radius 1 is 1.18 bits per heavy atom. The Morgan fingerprint density at radius 2 is 1.79 bits per heavy atom. The Labute approximate surface area is 206 Å². The molecule has 182 valence electrons. The zero-order valence-corrected chi connectivity index (χ0v) is 23.3. The van der Waals surface area contributed by atoms with E-state index < -0.39 is 8.07 Å². The van der Waals surface area contributed by atoms with Crippen molar-refractivity contribution in [3.63, 3.8) is 0 Å². The molecule has 34 heavy (non-hydrogen) atoms. The molecule has 1 aromatic heterocycles. The number of aromatic nitrogens is 1. The van der Waals surface area contributed by atoms with E-state index in [4.69, 9.17) is 4.74 Å². The molecule has 0 atom stereocenters. The highest BCUT2D eigenvalue weighted by molar-refractivity contribution is 6.87. The number of ether oxygens (including phenoxy) is 1. The fraction of sp³-hybridized carbons (Fsp3) is 0.448. The lowest BCUT2D eigenvalue weighted by molar-refractivity contribution is 0.101. The molecule has 0 fully saturated rings. The molecular formula is C29H39NO3Si. The molecule has 0 aliphatic carbocycles. The average molecular weight is 478 g/mol. The summed E-state index contributed by atoms with van der Waals surface area (Å²) in [6.45, 7) is 16.7. The van der Waals surface area contributed by atoms with Gasteiger partial charge in [0, 0.05) is 5.56 Å². The predicted molar refractivity (Wildman–Crippen MR) is 146 cm³/mol. The number of allylic oxidation sites excluding steroid dienone is 1. The summed E-state index contributed by atoms with van der Waals surface area (Å²) in [4.78, 5) is 27.0. The molecule has 0 spiro atoms. The van der Waals surface area contributed by atoms with Crippen LogP contribution in [0.3, 0.4) is 0 Å². The highest BCUT2D eigenvalue weighted by Crippen LogP contribution is 2.35. The standard InChI is InChI=1S/C29H39NO3Si/c1-10-12-14-24-25(13-11-2)28(32)30(22-15-17-23(33-7)18-16-22)26(27(24)21(3)31)19-20-34(8,9)29(4,5)6/h11,13,15-18H,10,12,14H2,1-9H3/b13-11+. The number of benzene rings is 1. The number of methoxy groups -OCH3 is 1. The van der Waals surface area contributed by atoms with Crippen molar-refractivity contribution in [3.05, 3.63) is 63.1 Å². The van der Waals surface area contributed by atoms with Gasteiger partial charge in [-0.25, -0.2) is 0 Å². The molecule has 0 saturated heterocycles. The number of hydrogen-bond donors (Lipinski definition) is 0. The van der Waals surface area contributed by atoms with Crippen LogP contribution in [0.4, 0.5) is 0 Å². The van der Waals surface area contributed by atoms with Crippen molar-refractivity contribution >= 4 is 19.9 Å². The summed E-state index contributed by atoms with van der Waals surface area (Å²) in [6, 6.07) is 7.32. The minimum Gasteiger partial charge on any atom is -0.497 e. The van der Waals surface area contributed by atoms with Crippen LogP contribution in [0.25, 0.3) is 11.8 Å². The van der Waals surface area contributed by atoms with E-state index in [1.807, 2.05) is 43.3 Å². The summed E-state index contributed by atoms with van der Waals surface area (Å²) < 4.78 is 6.92. The first-order valence-electron chi connectivity index (χ1n) is 12.0. The van der Waals surface area contributed by atoms with E-state index in [9.17, 15) is 9.59 Å². The number of Topliss-reactive ketones (excluding diaryl/α,β-unsaturated/α-hetero) is 1. The summed E-state index contributed by atoms with van der Waals surface area (Å²) in [6.07, 6.45) is 6.21. The summed E-state index contributed by atoms with van der Waals surface area (Å²) in [5.74, 6) is 3.99. The van der Waals surface area contributed by atoms with Crippen LogP contribution >= 0.6 is 0 Å². The molecule has 2 aromatic rings. The zero-order valence-electron chi connectivity index (χ0n) is 22.3. The maximum absolute atomic E-state index is 13.9. The Bertz CT molecular complexity index is 1180. The third-order valence-corrected chi connectivity index (χ3v) is 11.2. The minimum absolute atomic E-state index is 0.0531. The molecule has 0 saturated carbocycles. The van der Waals surface area contributed by atoms with Crippen molar-refractivity contribution in [2.24, 2.45) is 0 Å². The van der Waals surface area contributed by atoms with Crippen LogP contribution < -0.4 is 10.3 Å². The quantitative estimate of drug-likeness (QED) is 0.250. The van der Waals surface area contributed by atoms with E-state index in [0.717, 1.165) is 18.4 Å². The number of unbranched alkanes of at least 4 members (excludes halogenated alkanes) is 1. The largest absolute Gasteiger partial charge is 0.497 e. The van der Waals surface area contributed by atoms with Gasteiger partial charge in [0.15, 0.2) is 5.78 Å². The zero-order chi connectivity index (χ0) is 25.7. The van der Waals surface area contributed by atoms with Crippen LogP contribution in [0, 0.1) is 11.5 Å². The van der Waals surface area contributed by atoms with Gasteiger partial charge in [-0.05, 0) is 61.6 Å². The summed E-state index contributed by atoms with van der Waals surface area (Å²) in [7, 11) is -0.386. The number of pyridine rings is 1. The molecule has 0 radical (unpaired) electrons. The molecule has 0 aliphatic heterocycles. The number of ketones is 1. The van der Waals surface area contributed by atoms with E-state index in [-0.39, 0.29) is 16.4 Å². The predicted octanol–water partition coefficient (Wildman–Crippen LogP) is 6.82. The Balaban J connectivity index is 3.08. The van der Waals surface area contributed by atoms with Crippen LogP contribution in [0.2, 0.25) is 18.1 Å². The Kier molecular flexibility index (Phi) is 8.91. The monoisotopic (exact) mass is 477 g/mol. The van der Waals surface area contributed by atoms with Crippen molar-refractivity contribution in [2.45, 2.75) is 78.9 Å². The van der Waals surface area contributed by atoms with Gasteiger partial charge in [-0.3, -0.25) is 14.2 Å². The molecule has 0 amide bonds. The van der Waals surface area contributed by atoms with Crippen LogP contribution in [-0.4, -0.2) is 25.5 Å². The highest BCUT2D eigenvalue weighted by atomic mass is 28.3. The molecule has 5 heteroatoms. The van der Waals surface area contributed by atoms with Gasteiger partial charge in [-0.2, -0.15) is 0 Å². The molecule has 0 aliphatic rings. The van der Waals surface area contributed by atoms with Crippen LogP contribution in [0.5, 0.6) is 5.75 Å². The smallest absolute Gasteiger partial charge is 0.263 e.